The van der Waals surface area contributed by atoms with E-state index in [1.54, 1.807) is 5.12 Å². The van der Waals surface area contributed by atoms with Gasteiger partial charge in [0.25, 0.3) is 5.95 Å². The van der Waals surface area contributed by atoms with E-state index >= 15 is 0 Å². The molecule has 39 heavy (non-hydrogen) atoms. The van der Waals surface area contributed by atoms with E-state index in [-0.39, 0.29) is 35.3 Å². The number of nitrogens with one attached hydrogen (secondary N) is 3. The second-order valence-electron chi connectivity index (χ2n) is 8.96. The number of hydrogen-bond donors (Lipinski definition) is 3. The number of rotatable bonds is 5. The number of Topliss-reactive ketones (excluding diaryl/α,β-unsaturated/α-hetero) is 1. The van der Waals surface area contributed by atoms with Crippen LogP contribution in [-0.4, -0.2) is 51.0 Å². The summed E-state index contributed by atoms with van der Waals surface area (Å²) in [5.41, 5.74) is 2.92. The Kier molecular flexibility index (Phi) is 7.01. The van der Waals surface area contributed by atoms with E-state index in [0.29, 0.717) is 30.2 Å². The zero-order valence-corrected chi connectivity index (χ0v) is 21.3. The summed E-state index contributed by atoms with van der Waals surface area (Å²) in [6.45, 7) is 4.25. The third-order valence-corrected chi connectivity index (χ3v) is 6.32. The summed E-state index contributed by atoms with van der Waals surface area (Å²) in [7, 11) is 0. The van der Waals surface area contributed by atoms with Crippen LogP contribution in [-0.2, 0) is 10.9 Å². The molecular weight excluding hydrogens is 541 g/mol. The highest BCUT2D eigenvalue weighted by Gasteiger charge is 2.37. The van der Waals surface area contributed by atoms with E-state index in [9.17, 15) is 22.8 Å². The maximum Gasteiger partial charge on any atom is 0.417 e. The van der Waals surface area contributed by atoms with Crippen LogP contribution in [0.25, 0.3) is 0 Å². The summed E-state index contributed by atoms with van der Waals surface area (Å²) in [6.07, 6.45) is -3.81. The maximum absolute atomic E-state index is 13.2. The van der Waals surface area contributed by atoms with Gasteiger partial charge in [-0.1, -0.05) is 11.6 Å². The van der Waals surface area contributed by atoms with Crippen molar-refractivity contribution >= 4 is 46.4 Å². The fourth-order valence-electron chi connectivity index (χ4n) is 4.29. The molecular formula is C24H22ClF3N8O3. The predicted molar refractivity (Wildman–Crippen MR) is 136 cm³/mol. The quantitative estimate of drug-likeness (QED) is 0.372. The molecule has 0 radical (unpaired) electrons. The fourth-order valence-corrected chi connectivity index (χ4v) is 4.51. The zero-order chi connectivity index (χ0) is 27.9. The lowest BCUT2D eigenvalue weighted by molar-refractivity contribution is -0.137. The molecule has 0 saturated carbocycles. The highest BCUT2D eigenvalue weighted by molar-refractivity contribution is 6.31. The molecule has 15 heteroatoms. The lowest BCUT2D eigenvalue weighted by Gasteiger charge is -2.40. The minimum absolute atomic E-state index is 0.103. The number of ether oxygens (including phenoxy) is 1. The number of nitrogens with zero attached hydrogens (tertiary/aromatic N) is 5. The summed E-state index contributed by atoms with van der Waals surface area (Å²) in [6, 6.07) is 6.79. The lowest BCUT2D eigenvalue weighted by Crippen LogP contribution is -2.54. The number of benzene rings is 2. The smallest absolute Gasteiger partial charge is 0.364 e. The van der Waals surface area contributed by atoms with Crippen molar-refractivity contribution in [3.05, 3.63) is 64.7 Å². The molecule has 2 aromatic carbocycles. The average molecular weight is 563 g/mol. The molecule has 0 spiro atoms. The number of alkyl halides is 3. The first-order chi connectivity index (χ1) is 18.5. The van der Waals surface area contributed by atoms with Gasteiger partial charge in [0.05, 0.1) is 28.9 Å². The van der Waals surface area contributed by atoms with Gasteiger partial charge in [0.2, 0.25) is 0 Å². The number of fused-ring (bicyclic) bond motifs is 5. The average Bonchev–Trinajstić information content (AvgIpc) is 2.93. The first-order valence-corrected chi connectivity index (χ1v) is 12.1. The number of hydrogen-bond acceptors (Lipinski definition) is 9. The van der Waals surface area contributed by atoms with E-state index < -0.39 is 22.8 Å². The highest BCUT2D eigenvalue weighted by Crippen LogP contribution is 2.36. The van der Waals surface area contributed by atoms with Gasteiger partial charge in [-0.2, -0.15) is 33.3 Å². The lowest BCUT2D eigenvalue weighted by atomic mass is 10.1. The molecule has 11 nitrogen and oxygen atoms in total. The largest absolute Gasteiger partial charge is 0.417 e. The Labute approximate surface area is 225 Å². The Morgan fingerprint density at radius 2 is 1.79 bits per heavy atom. The number of carbonyl (C=O) groups excluding carboxylic acids is 2. The number of urea groups is 1. The molecule has 3 unspecified atom stereocenters. The Balaban J connectivity index is 1.39. The van der Waals surface area contributed by atoms with Gasteiger partial charge in [-0.05, 0) is 50.2 Å². The van der Waals surface area contributed by atoms with Crippen LogP contribution < -0.4 is 21.2 Å². The molecule has 2 amide bonds. The second-order valence-corrected chi connectivity index (χ2v) is 9.37. The van der Waals surface area contributed by atoms with Gasteiger partial charge >= 0.3 is 12.2 Å². The summed E-state index contributed by atoms with van der Waals surface area (Å²) in [4.78, 5) is 37.9. The maximum atomic E-state index is 13.2. The van der Waals surface area contributed by atoms with Crippen LogP contribution in [0.15, 0.2) is 42.7 Å². The standard InChI is InChI=1S/C24H22ClF3N8O3/c1-12-9-35-10-20(39-12)21-29-11-30-22(33-21)36(35)34-19-8-15(3-5-16(19)13(2)37)32-23(38)31-14-4-6-18(25)17(7-14)24(26,27)28/h3-8,11-12,20,34H,9-10H2,1-2H3,(H2,31,32,38). The molecule has 1 saturated heterocycles. The van der Waals surface area contributed by atoms with Crippen molar-refractivity contribution in [1.82, 2.24) is 20.0 Å². The van der Waals surface area contributed by atoms with Gasteiger partial charge < -0.3 is 15.4 Å². The van der Waals surface area contributed by atoms with Crippen molar-refractivity contribution in [3.8, 4) is 0 Å². The number of morpholine rings is 1. The van der Waals surface area contributed by atoms with Gasteiger partial charge in [-0.25, -0.2) is 9.78 Å². The summed E-state index contributed by atoms with van der Waals surface area (Å²) < 4.78 is 45.5. The van der Waals surface area contributed by atoms with E-state index in [0.717, 1.165) is 12.1 Å². The summed E-state index contributed by atoms with van der Waals surface area (Å²) in [5.74, 6) is 0.526. The van der Waals surface area contributed by atoms with Gasteiger partial charge in [0, 0.05) is 23.5 Å². The predicted octanol–water partition coefficient (Wildman–Crippen LogP) is 4.91. The second kappa shape index (κ2) is 10.3. The topological polar surface area (TPSA) is 125 Å². The van der Waals surface area contributed by atoms with Crippen LogP contribution in [0.3, 0.4) is 0 Å². The van der Waals surface area contributed by atoms with Crippen LogP contribution in [0.2, 0.25) is 5.02 Å². The minimum Gasteiger partial charge on any atom is -0.364 e. The zero-order valence-electron chi connectivity index (χ0n) is 20.6. The SMILES string of the molecule is CC(=O)c1ccc(NC(=O)Nc2ccc(Cl)c(C(F)(F)F)c2)cc1NN1c2ncnc(n2)C2CN1CC(C)O2. The first-order valence-electron chi connectivity index (χ1n) is 11.7. The number of ketones is 1. The van der Waals surface area contributed by atoms with Crippen molar-refractivity contribution in [3.63, 3.8) is 0 Å². The Morgan fingerprint density at radius 1 is 1.08 bits per heavy atom. The number of hydrazine groups is 2. The van der Waals surface area contributed by atoms with Crippen molar-refractivity contribution in [1.29, 1.82) is 0 Å². The third-order valence-electron chi connectivity index (χ3n) is 5.99. The molecule has 1 aromatic heterocycles. The van der Waals surface area contributed by atoms with Gasteiger partial charge in [-0.3, -0.25) is 10.2 Å². The molecule has 4 bridgehead atoms. The number of amides is 2. The summed E-state index contributed by atoms with van der Waals surface area (Å²) in [5, 5.41) is 7.97. The number of carbonyl (C=O) groups is 2. The number of anilines is 4. The molecule has 3 aromatic rings. The summed E-state index contributed by atoms with van der Waals surface area (Å²) >= 11 is 5.65. The molecule has 3 N–H and O–H groups in total. The minimum atomic E-state index is -4.68. The van der Waals surface area contributed by atoms with E-state index in [1.165, 1.54) is 37.5 Å². The van der Waals surface area contributed by atoms with Crippen molar-refractivity contribution in [2.24, 2.45) is 0 Å². The van der Waals surface area contributed by atoms with Gasteiger partial charge in [0.15, 0.2) is 11.6 Å². The molecule has 3 atom stereocenters. The Hall–Kier alpha value is -4.01. The molecule has 2 aliphatic heterocycles. The van der Waals surface area contributed by atoms with E-state index in [1.807, 2.05) is 11.9 Å². The van der Waals surface area contributed by atoms with Crippen LogP contribution in [0.4, 0.5) is 41.0 Å². The number of aromatic nitrogens is 3. The van der Waals surface area contributed by atoms with Crippen LogP contribution in [0, 0.1) is 0 Å². The van der Waals surface area contributed by atoms with Crippen LogP contribution >= 0.6 is 11.6 Å². The Bertz CT molecular complexity index is 1440. The first kappa shape index (κ1) is 26.6. The number of halogens is 4. The highest BCUT2D eigenvalue weighted by atomic mass is 35.5. The van der Waals surface area contributed by atoms with Crippen LogP contribution in [0.5, 0.6) is 0 Å². The van der Waals surface area contributed by atoms with Crippen molar-refractivity contribution < 1.29 is 27.5 Å². The third kappa shape index (κ3) is 5.72. The molecule has 204 valence electrons. The Morgan fingerprint density at radius 3 is 2.51 bits per heavy atom. The molecule has 3 heterocycles. The fraction of sp³-hybridized carbons (Fsp3) is 0.292. The molecule has 2 aliphatic rings. The molecule has 5 rings (SSSR count). The van der Waals surface area contributed by atoms with Crippen molar-refractivity contribution in [2.45, 2.75) is 32.2 Å². The van der Waals surface area contributed by atoms with E-state index in [2.05, 4.69) is 31.0 Å². The molecule has 1 fully saturated rings. The monoisotopic (exact) mass is 562 g/mol. The van der Waals surface area contributed by atoms with E-state index in [4.69, 9.17) is 16.3 Å². The van der Waals surface area contributed by atoms with Crippen LogP contribution in [0.1, 0.15) is 41.7 Å². The normalized spacial score (nSPS) is 20.2. The van der Waals surface area contributed by atoms with Gasteiger partial charge in [-0.15, -0.1) is 0 Å². The van der Waals surface area contributed by atoms with Gasteiger partial charge in [0.1, 0.15) is 12.4 Å². The molecule has 0 aliphatic carbocycles. The van der Waals surface area contributed by atoms with Crippen molar-refractivity contribution in [2.75, 3.05) is 34.3 Å².